The van der Waals surface area contributed by atoms with E-state index >= 15 is 0 Å². The zero-order valence-corrected chi connectivity index (χ0v) is 85.4. The van der Waals surface area contributed by atoms with Gasteiger partial charge in [0.05, 0.1) is 88.1 Å². The first-order valence-corrected chi connectivity index (χ1v) is 47.4. The van der Waals surface area contributed by atoms with Crippen molar-refractivity contribution in [2.45, 2.75) is 165 Å². The zero-order chi connectivity index (χ0) is 99.2. The number of para-hydroxylation sites is 3. The van der Waals surface area contributed by atoms with Gasteiger partial charge in [0.15, 0.2) is 29.1 Å². The summed E-state index contributed by atoms with van der Waals surface area (Å²) in [5, 5.41) is 28.7. The Morgan fingerprint density at radius 2 is 0.542 bits per heavy atom. The number of hydrogen-bond donors (Lipinski definition) is 6. The van der Waals surface area contributed by atoms with Crippen molar-refractivity contribution in [1.82, 2.24) is 72.7 Å². The highest BCUT2D eigenvalue weighted by Gasteiger charge is 2.33. The van der Waals surface area contributed by atoms with Gasteiger partial charge in [0, 0.05) is 64.7 Å². The van der Waals surface area contributed by atoms with Crippen LogP contribution in [0.3, 0.4) is 0 Å². The van der Waals surface area contributed by atoms with E-state index in [9.17, 15) is 32.8 Å². The molecule has 0 unspecified atom stereocenters. The maximum atomic E-state index is 14.2. The number of nitrogens with zero attached hydrogens (tertiary/aromatic N) is 15. The second-order valence-corrected chi connectivity index (χ2v) is 36.4. The Hall–Kier alpha value is -14.6. The van der Waals surface area contributed by atoms with Crippen LogP contribution in [-0.2, 0) is 0 Å². The fourth-order valence-corrected chi connectivity index (χ4v) is 18.0. The molecule has 6 N–H and O–H groups in total. The lowest BCUT2D eigenvalue weighted by molar-refractivity contribution is 0.601. The van der Waals surface area contributed by atoms with Crippen molar-refractivity contribution >= 4 is 151 Å². The van der Waals surface area contributed by atoms with Crippen LogP contribution < -0.4 is 59.7 Å². The Bertz CT molecular complexity index is 7710. The summed E-state index contributed by atoms with van der Waals surface area (Å²) in [6.07, 6.45) is 11.1. The SMILES string of the molecule is CNc1ncc(Cl)c(N[C@@H](C)c2cc3cccc(C)c3c(=O)n2-c2ccccc2)n1.Cc1ncc(Cl)c(N[C@@H](C)c2cc3cccc(C)c3c(=O)n2-c2ccccc2)n1.Cc1ncc(Cl)c(N[C@@H](C)c2cc3cccc(C)c3c(=O)n2C2CC2)n1.Cc1ncc(F)c(N[C@@H](C)c2cc3cccc(C)c3c(=O)n2-c2ccccc2)n1.Cc1ncc(F)c(N[C@@H](C)c2cc3cccc(C)c3c(=O)n2C2CC2)n1.S.S. The number of benzene rings is 8. The van der Waals surface area contributed by atoms with Crippen LogP contribution in [0.1, 0.15) is 182 Å². The predicted molar refractivity (Wildman–Crippen MR) is 580 cm³/mol. The Morgan fingerprint density at radius 1 is 0.303 bits per heavy atom. The highest BCUT2D eigenvalue weighted by Crippen LogP contribution is 2.41. The highest BCUT2D eigenvalue weighted by atomic mass is 35.5. The van der Waals surface area contributed by atoms with E-state index in [0.717, 1.165) is 160 Å². The zero-order valence-electron chi connectivity index (χ0n) is 81.1. The van der Waals surface area contributed by atoms with Crippen LogP contribution in [0, 0.1) is 73.9 Å². The molecule has 2 aliphatic rings. The van der Waals surface area contributed by atoms with Crippen molar-refractivity contribution in [2.24, 2.45) is 0 Å². The van der Waals surface area contributed by atoms with E-state index in [1.165, 1.54) is 0 Å². The topological polar surface area (TPSA) is 311 Å². The molecule has 0 aliphatic heterocycles. The number of pyridine rings is 5. The summed E-state index contributed by atoms with van der Waals surface area (Å²) in [7, 11) is 1.75. The molecule has 2 saturated carbocycles. The molecule has 10 aromatic heterocycles. The van der Waals surface area contributed by atoms with E-state index in [4.69, 9.17) is 34.8 Å². The maximum absolute atomic E-state index is 14.2. The first-order valence-electron chi connectivity index (χ1n) is 46.2. The minimum absolute atomic E-state index is 0. The number of anilines is 6. The average molecular weight is 2000 g/mol. The van der Waals surface area contributed by atoms with Gasteiger partial charge < -0.3 is 41.0 Å². The molecule has 5 atom stereocenters. The molecule has 20 rings (SSSR count). The summed E-state index contributed by atoms with van der Waals surface area (Å²) in [5.41, 5.74) is 11.3. The van der Waals surface area contributed by atoms with Crippen LogP contribution in [0.15, 0.2) is 267 Å². The van der Waals surface area contributed by atoms with Gasteiger partial charge >= 0.3 is 0 Å². The molecule has 0 radical (unpaired) electrons. The van der Waals surface area contributed by atoms with Crippen LogP contribution in [0.25, 0.3) is 70.9 Å². The lowest BCUT2D eigenvalue weighted by atomic mass is 10.0. The molecular weight excluding hydrogens is 1890 g/mol. The number of aromatic nitrogens is 15. The fourth-order valence-electron chi connectivity index (χ4n) is 17.6. The molecule has 0 saturated heterocycles. The van der Waals surface area contributed by atoms with E-state index in [1.54, 1.807) is 53.2 Å². The Morgan fingerprint density at radius 3 is 0.824 bits per heavy atom. The number of nitrogens with one attached hydrogen (secondary N) is 6. The standard InChI is InChI=1S/C23H22ClN5O.C23H21ClN4O.C23H21FN4O.C20H21ClN4O.C20H21FN4O.2H2S/c1-14-8-7-9-16-12-19(15(2)27-21-18(24)13-26-23(25-3)28-21)29(22(30)20(14)16)17-10-5-4-6-11-17;2*1-14-8-7-9-17-12-20(15(2)26-22-19(24)13-25-16(3)27-22)28(23(29)21(14)17)18-10-5-4-6-11-18;2*1-11-5-4-6-14-9-17(25(15-7-8-15)20(26)18(11)14)12(2)23-19-16(21)10-22-13(3)24-19;;/h4-13,15H,1-3H3,(H2,25,26,27,28);2*4-13,15H,1-3H3,(H,25,26,27);2*4-6,9-10,12,15H,7-8H2,1-3H3,(H,22,23,24);2*1H2/t3*15-;2*12-;;/m00000../s1. The molecule has 0 bridgehead atoms. The second-order valence-electron chi connectivity index (χ2n) is 35.2. The molecule has 0 amide bonds. The summed E-state index contributed by atoms with van der Waals surface area (Å²) in [5.74, 6) is 3.57. The maximum Gasteiger partial charge on any atom is 0.263 e. The Kier molecular flexibility index (Phi) is 32.7. The minimum Gasteiger partial charge on any atom is -0.361 e. The van der Waals surface area contributed by atoms with Gasteiger partial charge in [0.25, 0.3) is 27.8 Å². The fraction of sp³-hybridized carbons (Fsp3) is 0.239. The second kappa shape index (κ2) is 44.9. The molecule has 142 heavy (non-hydrogen) atoms. The number of aryl methyl sites for hydroxylation is 9. The molecule has 33 heteroatoms. The van der Waals surface area contributed by atoms with Gasteiger partial charge in [-0.15, -0.1) is 0 Å². The largest absolute Gasteiger partial charge is 0.361 e. The summed E-state index contributed by atoms with van der Waals surface area (Å²) < 4.78 is 37.3. The van der Waals surface area contributed by atoms with E-state index in [1.807, 2.05) is 292 Å². The summed E-state index contributed by atoms with van der Waals surface area (Å²) in [6.45, 7) is 26.7. The molecule has 10 heterocycles. The molecule has 26 nitrogen and oxygen atoms in total. The van der Waals surface area contributed by atoms with Crippen LogP contribution >= 0.6 is 61.8 Å². The van der Waals surface area contributed by atoms with Gasteiger partial charge in [-0.2, -0.15) is 32.0 Å². The minimum atomic E-state index is -0.535. The molecule has 18 aromatic rings. The van der Waals surface area contributed by atoms with Crippen LogP contribution in [0.4, 0.5) is 43.8 Å². The van der Waals surface area contributed by atoms with E-state index in [0.29, 0.717) is 67.2 Å². The van der Waals surface area contributed by atoms with E-state index < -0.39 is 11.6 Å². The quantitative estimate of drug-likeness (QED) is 0.0389. The number of rotatable bonds is 21. The molecule has 728 valence electrons. The number of fused-ring (bicyclic) bond motifs is 5. The monoisotopic (exact) mass is 2000 g/mol. The van der Waals surface area contributed by atoms with Crippen molar-refractivity contribution in [1.29, 1.82) is 0 Å². The molecular formula is C109H110Cl3F2N21O5S2. The van der Waals surface area contributed by atoms with Gasteiger partial charge in [0.1, 0.15) is 50.0 Å². The summed E-state index contributed by atoms with van der Waals surface area (Å²) >= 11 is 18.8. The van der Waals surface area contributed by atoms with Crippen molar-refractivity contribution in [3.05, 3.63) is 401 Å². The van der Waals surface area contributed by atoms with Crippen molar-refractivity contribution in [2.75, 3.05) is 38.9 Å². The molecule has 8 aromatic carbocycles. The van der Waals surface area contributed by atoms with E-state index in [-0.39, 0.29) is 109 Å². The van der Waals surface area contributed by atoms with E-state index in [2.05, 4.69) is 93.9 Å². The molecule has 2 fully saturated rings. The van der Waals surface area contributed by atoms with Crippen molar-refractivity contribution < 1.29 is 8.78 Å². The van der Waals surface area contributed by atoms with Gasteiger partial charge in [0.2, 0.25) is 5.95 Å². The first-order chi connectivity index (χ1) is 67.3. The number of halogens is 5. The third-order valence-corrected chi connectivity index (χ3v) is 25.6. The Balaban J connectivity index is 0.000000141. The van der Waals surface area contributed by atoms with Gasteiger partial charge in [-0.25, -0.2) is 53.6 Å². The smallest absolute Gasteiger partial charge is 0.263 e. The van der Waals surface area contributed by atoms with Crippen LogP contribution in [0.5, 0.6) is 0 Å². The van der Waals surface area contributed by atoms with Gasteiger partial charge in [-0.1, -0.05) is 180 Å². The highest BCUT2D eigenvalue weighted by molar-refractivity contribution is 7.59. The number of hydrogen-bond acceptors (Lipinski definition) is 21. The predicted octanol–water partition coefficient (Wildman–Crippen LogP) is 23.7. The van der Waals surface area contributed by atoms with Crippen LogP contribution in [0.2, 0.25) is 15.1 Å². The normalized spacial score (nSPS) is 13.1. The third-order valence-electron chi connectivity index (χ3n) is 24.8. The van der Waals surface area contributed by atoms with Crippen LogP contribution in [-0.4, -0.2) is 79.7 Å². The lowest BCUT2D eigenvalue weighted by Crippen LogP contribution is -2.27. The van der Waals surface area contributed by atoms with Crippen molar-refractivity contribution in [3.63, 3.8) is 0 Å². The summed E-state index contributed by atoms with van der Waals surface area (Å²) in [4.78, 5) is 109. The summed E-state index contributed by atoms with van der Waals surface area (Å²) in [6, 6.07) is 67.7. The van der Waals surface area contributed by atoms with Gasteiger partial charge in [-0.3, -0.25) is 37.7 Å². The lowest BCUT2D eigenvalue weighted by Gasteiger charge is -2.22. The van der Waals surface area contributed by atoms with Crippen molar-refractivity contribution in [3.8, 4) is 17.1 Å². The third kappa shape index (κ3) is 22.7. The van der Waals surface area contributed by atoms with Gasteiger partial charge in [-0.05, 0) is 244 Å². The molecule has 0 spiro atoms. The Labute approximate surface area is 848 Å². The molecule has 2 aliphatic carbocycles. The first kappa shape index (κ1) is 103. The average Bonchev–Trinajstić information content (AvgIpc) is 1.59.